The minimum atomic E-state index is -0.854. The second kappa shape index (κ2) is 7.09. The summed E-state index contributed by atoms with van der Waals surface area (Å²) in [5.74, 6) is -0.914. The van der Waals surface area contributed by atoms with Crippen molar-refractivity contribution in [2.24, 2.45) is 5.73 Å². The van der Waals surface area contributed by atoms with E-state index in [2.05, 4.69) is 10.5 Å². The van der Waals surface area contributed by atoms with Crippen LogP contribution in [-0.2, 0) is 16.0 Å². The summed E-state index contributed by atoms with van der Waals surface area (Å²) in [6, 6.07) is 7.98. The molecule has 0 fully saturated rings. The second-order valence-electron chi connectivity index (χ2n) is 4.83. The fraction of sp³-hybridized carbons (Fsp3) is 0.267. The third kappa shape index (κ3) is 3.85. The number of benzene rings is 1. The van der Waals surface area contributed by atoms with Gasteiger partial charge in [-0.3, -0.25) is 9.59 Å². The van der Waals surface area contributed by atoms with E-state index in [4.69, 9.17) is 21.9 Å². The molecule has 22 heavy (non-hydrogen) atoms. The van der Waals surface area contributed by atoms with E-state index in [9.17, 15) is 9.59 Å². The molecule has 0 radical (unpaired) electrons. The summed E-state index contributed by atoms with van der Waals surface area (Å²) in [6.07, 6.45) is 0.526. The van der Waals surface area contributed by atoms with Gasteiger partial charge in [0.15, 0.2) is 0 Å². The molecular formula is C15H16ClN3O3. The zero-order chi connectivity index (χ0) is 16.1. The highest BCUT2D eigenvalue weighted by Gasteiger charge is 2.20. The number of rotatable bonds is 6. The predicted molar refractivity (Wildman–Crippen MR) is 81.1 cm³/mol. The smallest absolute Gasteiger partial charge is 0.244 e. The summed E-state index contributed by atoms with van der Waals surface area (Å²) in [6.45, 7) is 1.75. The van der Waals surface area contributed by atoms with Gasteiger partial charge in [-0.1, -0.05) is 35.5 Å². The van der Waals surface area contributed by atoms with Crippen molar-refractivity contribution in [3.63, 3.8) is 0 Å². The summed E-state index contributed by atoms with van der Waals surface area (Å²) in [4.78, 5) is 23.6. The number of nitrogens with two attached hydrogens (primary N) is 1. The van der Waals surface area contributed by atoms with Crippen LogP contribution in [0.15, 0.2) is 34.9 Å². The summed E-state index contributed by atoms with van der Waals surface area (Å²) in [5.41, 5.74) is 7.33. The molecule has 0 aliphatic rings. The van der Waals surface area contributed by atoms with Crippen LogP contribution in [-0.4, -0.2) is 17.0 Å². The van der Waals surface area contributed by atoms with E-state index in [1.165, 1.54) is 0 Å². The van der Waals surface area contributed by atoms with E-state index in [0.29, 0.717) is 23.2 Å². The van der Waals surface area contributed by atoms with Crippen molar-refractivity contribution >= 4 is 23.4 Å². The molecule has 0 saturated heterocycles. The highest BCUT2D eigenvalue weighted by Crippen LogP contribution is 2.20. The van der Waals surface area contributed by atoms with Gasteiger partial charge in [-0.05, 0) is 30.5 Å². The number of hydrogen-bond acceptors (Lipinski definition) is 4. The summed E-state index contributed by atoms with van der Waals surface area (Å²) < 4.78 is 4.83. The molecule has 1 heterocycles. The van der Waals surface area contributed by atoms with Crippen LogP contribution in [0.2, 0.25) is 5.22 Å². The molecular weight excluding hydrogens is 306 g/mol. The van der Waals surface area contributed by atoms with Crippen molar-refractivity contribution in [3.8, 4) is 0 Å². The lowest BCUT2D eigenvalue weighted by molar-refractivity contribution is -0.127. The fourth-order valence-electron chi connectivity index (χ4n) is 2.08. The number of carbonyl (C=O) groups excluding carboxylic acids is 2. The first-order valence-electron chi connectivity index (χ1n) is 6.73. The molecule has 1 aromatic carbocycles. The molecule has 1 aromatic heterocycles. The van der Waals surface area contributed by atoms with Crippen LogP contribution in [0.25, 0.3) is 0 Å². The third-order valence-corrected chi connectivity index (χ3v) is 3.56. The van der Waals surface area contributed by atoms with Gasteiger partial charge >= 0.3 is 0 Å². The van der Waals surface area contributed by atoms with Crippen LogP contribution < -0.4 is 11.1 Å². The average Bonchev–Trinajstić information content (AvgIpc) is 2.82. The Bertz CT molecular complexity index is 650. The van der Waals surface area contributed by atoms with Crippen LogP contribution in [0, 0.1) is 6.92 Å². The van der Waals surface area contributed by atoms with Crippen molar-refractivity contribution in [1.29, 1.82) is 0 Å². The Balaban J connectivity index is 1.99. The molecule has 2 rings (SSSR count). The summed E-state index contributed by atoms with van der Waals surface area (Å²) in [5, 5.41) is 6.52. The lowest BCUT2D eigenvalue weighted by atomic mass is 10.1. The molecule has 0 saturated carbocycles. The summed E-state index contributed by atoms with van der Waals surface area (Å²) >= 11 is 5.85. The maximum Gasteiger partial charge on any atom is 0.244 e. The molecule has 116 valence electrons. The molecule has 1 unspecified atom stereocenters. The van der Waals surface area contributed by atoms with E-state index in [0.717, 1.165) is 0 Å². The van der Waals surface area contributed by atoms with Gasteiger partial charge in [-0.15, -0.1) is 0 Å². The molecule has 0 aliphatic heterocycles. The highest BCUT2D eigenvalue weighted by atomic mass is 35.5. The highest BCUT2D eigenvalue weighted by molar-refractivity contribution is 6.29. The molecule has 0 spiro atoms. The fourth-order valence-corrected chi connectivity index (χ4v) is 2.34. The van der Waals surface area contributed by atoms with Gasteiger partial charge in [0.2, 0.25) is 17.0 Å². The van der Waals surface area contributed by atoms with Crippen molar-refractivity contribution < 1.29 is 14.1 Å². The number of hydrogen-bond donors (Lipinski definition) is 2. The topological polar surface area (TPSA) is 98.2 Å². The molecule has 0 aliphatic carbocycles. The van der Waals surface area contributed by atoms with Crippen molar-refractivity contribution in [3.05, 3.63) is 52.4 Å². The van der Waals surface area contributed by atoms with E-state index < -0.39 is 11.9 Å². The van der Waals surface area contributed by atoms with Crippen LogP contribution >= 0.6 is 11.6 Å². The quantitative estimate of drug-likeness (QED) is 0.849. The molecule has 6 nitrogen and oxygen atoms in total. The van der Waals surface area contributed by atoms with Crippen LogP contribution in [0.1, 0.15) is 29.3 Å². The minimum Gasteiger partial charge on any atom is -0.368 e. The van der Waals surface area contributed by atoms with Crippen LogP contribution in [0.4, 0.5) is 0 Å². The Hall–Kier alpha value is -2.34. The molecule has 2 amide bonds. The lowest BCUT2D eigenvalue weighted by Crippen LogP contribution is -2.37. The zero-order valence-electron chi connectivity index (χ0n) is 12.0. The molecule has 2 aromatic rings. The van der Waals surface area contributed by atoms with Gasteiger partial charge in [0, 0.05) is 12.0 Å². The number of nitrogens with one attached hydrogen (secondary N) is 1. The number of aromatic nitrogens is 1. The lowest BCUT2D eigenvalue weighted by Gasteiger charge is -2.15. The Kier molecular flexibility index (Phi) is 5.16. The molecule has 7 heteroatoms. The number of primary amides is 1. The number of aryl methyl sites for hydroxylation is 1. The Labute approximate surface area is 132 Å². The number of halogens is 1. The third-order valence-electron chi connectivity index (χ3n) is 3.26. The first-order valence-corrected chi connectivity index (χ1v) is 7.11. The van der Waals surface area contributed by atoms with Crippen LogP contribution in [0.5, 0.6) is 0 Å². The maximum atomic E-state index is 12.0. The van der Waals surface area contributed by atoms with Crippen molar-refractivity contribution in [2.75, 3.05) is 0 Å². The van der Waals surface area contributed by atoms with Crippen LogP contribution in [0.3, 0.4) is 0 Å². The van der Waals surface area contributed by atoms with Crippen molar-refractivity contribution in [1.82, 2.24) is 10.5 Å². The van der Waals surface area contributed by atoms with E-state index in [-0.39, 0.29) is 17.5 Å². The van der Waals surface area contributed by atoms with E-state index >= 15 is 0 Å². The van der Waals surface area contributed by atoms with Gasteiger partial charge in [0.25, 0.3) is 0 Å². The standard InChI is InChI=1S/C15H16ClN3O3/c1-9-11(14(16)22-19-9)7-8-12(20)18-13(15(17)21)10-5-3-2-4-6-10/h2-6,13H,7-8H2,1H3,(H2,17,21)(H,18,20). The minimum absolute atomic E-state index is 0.151. The number of nitrogens with zero attached hydrogens (tertiary/aromatic N) is 1. The Morgan fingerprint density at radius 3 is 2.59 bits per heavy atom. The zero-order valence-corrected chi connectivity index (χ0v) is 12.8. The predicted octanol–water partition coefficient (Wildman–Crippen LogP) is 1.91. The average molecular weight is 322 g/mol. The van der Waals surface area contributed by atoms with Crippen molar-refractivity contribution in [2.45, 2.75) is 25.8 Å². The van der Waals surface area contributed by atoms with E-state index in [1.54, 1.807) is 31.2 Å². The summed E-state index contributed by atoms with van der Waals surface area (Å²) in [7, 11) is 0. The molecule has 0 bridgehead atoms. The normalized spacial score (nSPS) is 11.9. The van der Waals surface area contributed by atoms with Gasteiger partial charge in [0.1, 0.15) is 6.04 Å². The number of amides is 2. The van der Waals surface area contributed by atoms with Gasteiger partial charge in [0.05, 0.1) is 5.69 Å². The monoisotopic (exact) mass is 321 g/mol. The first-order chi connectivity index (χ1) is 10.5. The number of carbonyl (C=O) groups is 2. The maximum absolute atomic E-state index is 12.0. The van der Waals surface area contributed by atoms with E-state index in [1.807, 2.05) is 6.07 Å². The van der Waals surface area contributed by atoms with Gasteiger partial charge in [-0.2, -0.15) is 0 Å². The Morgan fingerprint density at radius 2 is 2.05 bits per heavy atom. The Morgan fingerprint density at radius 1 is 1.36 bits per heavy atom. The second-order valence-corrected chi connectivity index (χ2v) is 5.18. The molecule has 1 atom stereocenters. The molecule has 3 N–H and O–H groups in total. The van der Waals surface area contributed by atoms with Gasteiger partial charge < -0.3 is 15.6 Å². The largest absolute Gasteiger partial charge is 0.368 e. The first kappa shape index (κ1) is 16.0. The SMILES string of the molecule is Cc1noc(Cl)c1CCC(=O)NC(C(N)=O)c1ccccc1. The van der Waals surface area contributed by atoms with Gasteiger partial charge in [-0.25, -0.2) is 0 Å².